The van der Waals surface area contributed by atoms with E-state index in [0.29, 0.717) is 22.7 Å². The third kappa shape index (κ3) is 6.03. The lowest BCUT2D eigenvalue weighted by molar-refractivity contribution is 0.287. The number of benzene rings is 3. The van der Waals surface area contributed by atoms with Gasteiger partial charge in [0.05, 0.1) is 10.9 Å². The minimum absolute atomic E-state index is 0.0401. The summed E-state index contributed by atoms with van der Waals surface area (Å²) in [5.41, 5.74) is 1.87. The van der Waals surface area contributed by atoms with Gasteiger partial charge in [0.2, 0.25) is 10.0 Å². The third-order valence-electron chi connectivity index (χ3n) is 4.29. The second-order valence-electron chi connectivity index (χ2n) is 6.86. The van der Waals surface area contributed by atoms with Crippen LogP contribution in [-0.2, 0) is 10.0 Å². The monoisotopic (exact) mass is 443 g/mol. The van der Waals surface area contributed by atoms with Gasteiger partial charge < -0.3 is 20.6 Å². The molecule has 162 valence electrons. The van der Waals surface area contributed by atoms with E-state index < -0.39 is 16.1 Å². The zero-order valence-corrected chi connectivity index (χ0v) is 17.5. The lowest BCUT2D eigenvalue weighted by atomic mass is 10.1. The van der Waals surface area contributed by atoms with Crippen molar-refractivity contribution in [2.75, 3.05) is 11.9 Å². The molecule has 0 heterocycles. The number of hydrogen-bond donors (Lipinski definition) is 4. The standard InChI is InChI=1S/C22H22FN3O4S/c1-15(26-31(28,29)21-4-2-3-19(27)12-21)14-30-20-9-10-22(16(11-20)13-24)25-18-7-5-17(23)6-8-18/h2-13,15,24-27H,14H2,1H3/t15-/m0/s1. The number of halogens is 1. The second-order valence-corrected chi connectivity index (χ2v) is 8.57. The molecule has 0 bridgehead atoms. The Labute approximate surface area is 180 Å². The summed E-state index contributed by atoms with van der Waals surface area (Å²) in [5, 5.41) is 20.2. The van der Waals surface area contributed by atoms with Crippen molar-refractivity contribution in [3.63, 3.8) is 0 Å². The SMILES string of the molecule is C[C@@H](COc1ccc(Nc2ccc(F)cc2)c(C=N)c1)NS(=O)(=O)c1cccc(O)c1. The smallest absolute Gasteiger partial charge is 0.241 e. The lowest BCUT2D eigenvalue weighted by Crippen LogP contribution is -2.36. The molecule has 1 atom stereocenters. The van der Waals surface area contributed by atoms with Crippen LogP contribution in [0.25, 0.3) is 0 Å². The first-order valence-corrected chi connectivity index (χ1v) is 10.9. The molecule has 3 rings (SSSR count). The van der Waals surface area contributed by atoms with E-state index in [1.165, 1.54) is 36.4 Å². The van der Waals surface area contributed by atoms with Crippen LogP contribution in [0.15, 0.2) is 71.6 Å². The number of rotatable bonds is 9. The van der Waals surface area contributed by atoms with Crippen LogP contribution in [0.2, 0.25) is 0 Å². The van der Waals surface area contributed by atoms with Crippen LogP contribution < -0.4 is 14.8 Å². The number of phenols is 1. The van der Waals surface area contributed by atoms with E-state index >= 15 is 0 Å². The molecule has 0 aromatic heterocycles. The summed E-state index contributed by atoms with van der Waals surface area (Å²) < 4.78 is 46.0. The van der Waals surface area contributed by atoms with Crippen molar-refractivity contribution in [3.8, 4) is 11.5 Å². The number of aromatic hydroxyl groups is 1. The maximum absolute atomic E-state index is 13.1. The molecule has 0 amide bonds. The highest BCUT2D eigenvalue weighted by Crippen LogP contribution is 2.25. The molecule has 3 aromatic carbocycles. The zero-order chi connectivity index (χ0) is 22.4. The molecule has 31 heavy (non-hydrogen) atoms. The van der Waals surface area contributed by atoms with Gasteiger partial charge in [-0.1, -0.05) is 6.07 Å². The van der Waals surface area contributed by atoms with Crippen molar-refractivity contribution in [2.45, 2.75) is 17.9 Å². The summed E-state index contributed by atoms with van der Waals surface area (Å²) >= 11 is 0. The first-order chi connectivity index (χ1) is 14.8. The van der Waals surface area contributed by atoms with Crippen molar-refractivity contribution < 1.29 is 22.7 Å². The molecular weight excluding hydrogens is 421 g/mol. The van der Waals surface area contributed by atoms with Crippen LogP contribution in [0.3, 0.4) is 0 Å². The van der Waals surface area contributed by atoms with Gasteiger partial charge in [-0.15, -0.1) is 0 Å². The van der Waals surface area contributed by atoms with Crippen molar-refractivity contribution in [1.29, 1.82) is 5.41 Å². The summed E-state index contributed by atoms with van der Waals surface area (Å²) in [6.45, 7) is 1.71. The van der Waals surface area contributed by atoms with Gasteiger partial charge in [0, 0.05) is 23.2 Å². The molecule has 0 aliphatic heterocycles. The first-order valence-electron chi connectivity index (χ1n) is 9.38. The van der Waals surface area contributed by atoms with Gasteiger partial charge in [0.25, 0.3) is 0 Å². The van der Waals surface area contributed by atoms with Gasteiger partial charge in [0.1, 0.15) is 23.9 Å². The van der Waals surface area contributed by atoms with Gasteiger partial charge in [0.15, 0.2) is 0 Å². The Balaban J connectivity index is 1.63. The Kier molecular flexibility index (Phi) is 6.88. The van der Waals surface area contributed by atoms with Crippen LogP contribution in [0, 0.1) is 11.2 Å². The normalized spacial score (nSPS) is 12.2. The molecule has 3 aromatic rings. The van der Waals surface area contributed by atoms with E-state index in [1.807, 2.05) is 0 Å². The van der Waals surface area contributed by atoms with Gasteiger partial charge in [-0.2, -0.15) is 0 Å². The van der Waals surface area contributed by atoms with Crippen LogP contribution in [0.5, 0.6) is 11.5 Å². The minimum Gasteiger partial charge on any atom is -0.508 e. The number of anilines is 2. The summed E-state index contributed by atoms with van der Waals surface area (Å²) in [6, 6.07) is 15.8. The van der Waals surface area contributed by atoms with Crippen molar-refractivity contribution in [3.05, 3.63) is 78.1 Å². The number of nitrogens with one attached hydrogen (secondary N) is 3. The minimum atomic E-state index is -3.81. The predicted molar refractivity (Wildman–Crippen MR) is 117 cm³/mol. The quantitative estimate of drug-likeness (QED) is 0.373. The fourth-order valence-corrected chi connectivity index (χ4v) is 4.06. The molecule has 4 N–H and O–H groups in total. The van der Waals surface area contributed by atoms with E-state index in [9.17, 15) is 17.9 Å². The molecule has 9 heteroatoms. The van der Waals surface area contributed by atoms with E-state index in [-0.39, 0.29) is 23.1 Å². The maximum Gasteiger partial charge on any atom is 0.241 e. The van der Waals surface area contributed by atoms with Crippen LogP contribution in [-0.4, -0.2) is 32.4 Å². The van der Waals surface area contributed by atoms with Crippen LogP contribution >= 0.6 is 0 Å². The zero-order valence-electron chi connectivity index (χ0n) is 16.7. The molecule has 0 radical (unpaired) electrons. The summed E-state index contributed by atoms with van der Waals surface area (Å²) in [4.78, 5) is -0.0401. The maximum atomic E-state index is 13.1. The van der Waals surface area contributed by atoms with Gasteiger partial charge >= 0.3 is 0 Å². The predicted octanol–water partition coefficient (Wildman–Crippen LogP) is 4.02. The van der Waals surface area contributed by atoms with Crippen LogP contribution in [0.4, 0.5) is 15.8 Å². The van der Waals surface area contributed by atoms with Gasteiger partial charge in [-0.05, 0) is 67.6 Å². The Morgan fingerprint density at radius 1 is 1.13 bits per heavy atom. The van der Waals surface area contributed by atoms with Gasteiger partial charge in [-0.3, -0.25) is 0 Å². The van der Waals surface area contributed by atoms with Crippen molar-refractivity contribution in [1.82, 2.24) is 4.72 Å². The highest BCUT2D eigenvalue weighted by atomic mass is 32.2. The highest BCUT2D eigenvalue weighted by Gasteiger charge is 2.18. The van der Waals surface area contributed by atoms with E-state index in [4.69, 9.17) is 10.1 Å². The molecule has 0 fully saturated rings. The van der Waals surface area contributed by atoms with Crippen molar-refractivity contribution in [2.24, 2.45) is 0 Å². The van der Waals surface area contributed by atoms with Crippen LogP contribution in [0.1, 0.15) is 12.5 Å². The Morgan fingerprint density at radius 2 is 1.87 bits per heavy atom. The first kappa shape index (κ1) is 22.3. The summed E-state index contributed by atoms with van der Waals surface area (Å²) in [7, 11) is -3.81. The molecule has 7 nitrogen and oxygen atoms in total. The summed E-state index contributed by atoms with van der Waals surface area (Å²) in [6.07, 6.45) is 1.16. The number of sulfonamides is 1. The topological polar surface area (TPSA) is 112 Å². The highest BCUT2D eigenvalue weighted by molar-refractivity contribution is 7.89. The molecule has 0 aliphatic carbocycles. The fraction of sp³-hybridized carbons (Fsp3) is 0.136. The average molecular weight is 444 g/mol. The number of phenolic OH excluding ortho intramolecular Hbond substituents is 1. The Bertz CT molecular complexity index is 1170. The number of ether oxygens (including phenoxy) is 1. The molecule has 0 aliphatic rings. The number of hydrogen-bond acceptors (Lipinski definition) is 6. The van der Waals surface area contributed by atoms with E-state index in [2.05, 4.69) is 10.0 Å². The molecule has 0 spiro atoms. The molecule has 0 saturated heterocycles. The average Bonchev–Trinajstić information content (AvgIpc) is 2.74. The van der Waals surface area contributed by atoms with Gasteiger partial charge in [-0.25, -0.2) is 17.5 Å². The Morgan fingerprint density at radius 3 is 2.55 bits per heavy atom. The Hall–Kier alpha value is -3.43. The molecule has 0 unspecified atom stereocenters. The fourth-order valence-electron chi connectivity index (χ4n) is 2.79. The molecular formula is C22H22FN3O4S. The summed E-state index contributed by atoms with van der Waals surface area (Å²) in [5.74, 6) is -0.0118. The largest absolute Gasteiger partial charge is 0.508 e. The van der Waals surface area contributed by atoms with E-state index in [1.54, 1.807) is 37.3 Å². The molecule has 0 saturated carbocycles. The van der Waals surface area contributed by atoms with E-state index in [0.717, 1.165) is 6.21 Å². The van der Waals surface area contributed by atoms with Crippen molar-refractivity contribution >= 4 is 27.6 Å². The lowest BCUT2D eigenvalue weighted by Gasteiger charge is -2.16. The second kappa shape index (κ2) is 9.59. The third-order valence-corrected chi connectivity index (χ3v) is 5.87.